The lowest BCUT2D eigenvalue weighted by Crippen LogP contribution is -2.03. The zero-order chi connectivity index (χ0) is 9.14. The highest BCUT2D eigenvalue weighted by atomic mass is 127. The lowest BCUT2D eigenvalue weighted by Gasteiger charge is -2.03. The van der Waals surface area contributed by atoms with Gasteiger partial charge in [-0.05, 0) is 34.2 Å². The van der Waals surface area contributed by atoms with Gasteiger partial charge in [-0.1, -0.05) is 12.1 Å². The van der Waals surface area contributed by atoms with Crippen molar-refractivity contribution in [3.63, 3.8) is 0 Å². The maximum atomic E-state index is 10.7. The van der Waals surface area contributed by atoms with Crippen molar-refractivity contribution in [2.75, 3.05) is 0 Å². The summed E-state index contributed by atoms with van der Waals surface area (Å²) < 4.78 is 0.721. The second-order valence-corrected chi connectivity index (χ2v) is 3.64. The van der Waals surface area contributed by atoms with Gasteiger partial charge in [-0.3, -0.25) is 0 Å². The molecule has 0 aliphatic carbocycles. The number of hydrogen-bond donors (Lipinski definition) is 1. The number of aromatic carboxylic acids is 1. The molecule has 0 spiro atoms. The first-order valence-corrected chi connectivity index (χ1v) is 4.84. The van der Waals surface area contributed by atoms with Gasteiger partial charge in [-0.2, -0.15) is 0 Å². The van der Waals surface area contributed by atoms with Crippen LogP contribution in [0.5, 0.6) is 0 Å². The quantitative estimate of drug-likeness (QED) is 0.673. The second kappa shape index (κ2) is 4.09. The number of rotatable bonds is 2. The van der Waals surface area contributed by atoms with Gasteiger partial charge in [0.05, 0.1) is 5.56 Å². The predicted octanol–water partition coefficient (Wildman–Crippen LogP) is 2.73. The average molecular weight is 296 g/mol. The highest BCUT2D eigenvalue weighted by Gasteiger charge is 2.12. The van der Waals surface area contributed by atoms with E-state index in [1.165, 1.54) is 0 Å². The van der Waals surface area contributed by atoms with Crippen LogP contribution in [0.4, 0.5) is 0 Å². The van der Waals surface area contributed by atoms with Gasteiger partial charge < -0.3 is 5.11 Å². The first kappa shape index (κ1) is 9.80. The molecule has 12 heavy (non-hydrogen) atoms. The molecule has 0 saturated heterocycles. The monoisotopic (exact) mass is 296 g/mol. The summed E-state index contributed by atoms with van der Waals surface area (Å²) in [6.07, 6.45) is 0. The fourth-order valence-corrected chi connectivity index (χ4v) is 1.93. The largest absolute Gasteiger partial charge is 0.478 e. The minimum Gasteiger partial charge on any atom is -0.478 e. The Bertz CT molecular complexity index is 312. The van der Waals surface area contributed by atoms with Gasteiger partial charge in [0.15, 0.2) is 0 Å². The standard InChI is InChI=1S/C8H6ClIO2/c9-4-5-2-1-3-6(10)7(5)8(11)12/h1-3H,4H2,(H,11,12). The number of alkyl halides is 1. The third-order valence-electron chi connectivity index (χ3n) is 1.46. The van der Waals surface area contributed by atoms with E-state index in [4.69, 9.17) is 16.7 Å². The van der Waals surface area contributed by atoms with Gasteiger partial charge in [0.25, 0.3) is 0 Å². The normalized spacial score (nSPS) is 9.83. The molecule has 0 fully saturated rings. The maximum absolute atomic E-state index is 10.7. The van der Waals surface area contributed by atoms with Crippen LogP contribution in [0.25, 0.3) is 0 Å². The van der Waals surface area contributed by atoms with Crippen LogP contribution in [-0.2, 0) is 5.88 Å². The van der Waals surface area contributed by atoms with Gasteiger partial charge >= 0.3 is 5.97 Å². The Hall–Kier alpha value is -0.290. The molecule has 0 aromatic heterocycles. The van der Waals surface area contributed by atoms with Crippen LogP contribution >= 0.6 is 34.2 Å². The Labute approximate surface area is 88.7 Å². The summed E-state index contributed by atoms with van der Waals surface area (Å²) in [5.74, 6) is -0.686. The topological polar surface area (TPSA) is 37.3 Å². The molecule has 1 aromatic rings. The lowest BCUT2D eigenvalue weighted by molar-refractivity contribution is 0.0695. The van der Waals surface area contributed by atoms with E-state index in [0.717, 1.165) is 3.57 Å². The molecule has 0 amide bonds. The van der Waals surface area contributed by atoms with Crippen LogP contribution in [-0.4, -0.2) is 11.1 Å². The molecule has 1 N–H and O–H groups in total. The van der Waals surface area contributed by atoms with Crippen molar-refractivity contribution in [3.8, 4) is 0 Å². The van der Waals surface area contributed by atoms with Crippen molar-refractivity contribution in [2.45, 2.75) is 5.88 Å². The minimum absolute atomic E-state index is 0.235. The first-order chi connectivity index (χ1) is 5.66. The van der Waals surface area contributed by atoms with Gasteiger partial charge in [0.1, 0.15) is 0 Å². The zero-order valence-corrected chi connectivity index (χ0v) is 8.96. The lowest BCUT2D eigenvalue weighted by atomic mass is 10.1. The van der Waals surface area contributed by atoms with Crippen molar-refractivity contribution in [3.05, 3.63) is 32.9 Å². The minimum atomic E-state index is -0.921. The van der Waals surface area contributed by atoms with Gasteiger partial charge in [0.2, 0.25) is 0 Å². The Balaban J connectivity index is 3.29. The van der Waals surface area contributed by atoms with Crippen LogP contribution in [0.3, 0.4) is 0 Å². The number of carboxylic acids is 1. The zero-order valence-electron chi connectivity index (χ0n) is 6.05. The molecule has 0 bridgehead atoms. The summed E-state index contributed by atoms with van der Waals surface area (Å²) in [6, 6.07) is 5.27. The third kappa shape index (κ3) is 1.90. The summed E-state index contributed by atoms with van der Waals surface area (Å²) in [7, 11) is 0. The number of benzene rings is 1. The Morgan fingerprint density at radius 2 is 2.25 bits per heavy atom. The molecule has 4 heteroatoms. The number of carboxylic acid groups (broad SMARTS) is 1. The Morgan fingerprint density at radius 3 is 2.67 bits per heavy atom. The molecule has 2 nitrogen and oxygen atoms in total. The average Bonchev–Trinajstić information content (AvgIpc) is 2.03. The van der Waals surface area contributed by atoms with Crippen LogP contribution in [0, 0.1) is 3.57 Å². The van der Waals surface area contributed by atoms with E-state index in [1.54, 1.807) is 18.2 Å². The van der Waals surface area contributed by atoms with Crippen molar-refractivity contribution in [2.24, 2.45) is 0 Å². The predicted molar refractivity (Wildman–Crippen MR) is 55.7 cm³/mol. The molecule has 0 saturated carbocycles. The highest BCUT2D eigenvalue weighted by Crippen LogP contribution is 2.18. The number of halogens is 2. The van der Waals surface area contributed by atoms with E-state index in [-0.39, 0.29) is 5.88 Å². The first-order valence-electron chi connectivity index (χ1n) is 3.23. The van der Waals surface area contributed by atoms with Crippen LogP contribution < -0.4 is 0 Å². The summed E-state index contributed by atoms with van der Waals surface area (Å²) >= 11 is 7.57. The molecule has 64 valence electrons. The van der Waals surface area contributed by atoms with E-state index in [2.05, 4.69) is 0 Å². The third-order valence-corrected chi connectivity index (χ3v) is 2.64. The van der Waals surface area contributed by atoms with Gasteiger partial charge in [-0.25, -0.2) is 4.79 Å². The molecule has 0 atom stereocenters. The molecular formula is C8H6ClIO2. The van der Waals surface area contributed by atoms with Crippen molar-refractivity contribution in [1.82, 2.24) is 0 Å². The summed E-state index contributed by atoms with van der Waals surface area (Å²) in [6.45, 7) is 0. The highest BCUT2D eigenvalue weighted by molar-refractivity contribution is 14.1. The molecule has 0 heterocycles. The van der Waals surface area contributed by atoms with Crippen LogP contribution in [0.2, 0.25) is 0 Å². The van der Waals surface area contributed by atoms with Crippen molar-refractivity contribution >= 4 is 40.2 Å². The van der Waals surface area contributed by atoms with E-state index in [1.807, 2.05) is 22.6 Å². The molecule has 0 unspecified atom stereocenters. The molecule has 1 aromatic carbocycles. The Kier molecular flexibility index (Phi) is 3.34. The second-order valence-electron chi connectivity index (χ2n) is 2.21. The SMILES string of the molecule is O=C(O)c1c(I)cccc1CCl. The fourth-order valence-electron chi connectivity index (χ4n) is 0.920. The Morgan fingerprint density at radius 1 is 1.58 bits per heavy atom. The molecule has 0 radical (unpaired) electrons. The molecular weight excluding hydrogens is 290 g/mol. The van der Waals surface area contributed by atoms with Crippen LogP contribution in [0.1, 0.15) is 15.9 Å². The van der Waals surface area contributed by atoms with Crippen molar-refractivity contribution in [1.29, 1.82) is 0 Å². The van der Waals surface area contributed by atoms with E-state index < -0.39 is 5.97 Å². The van der Waals surface area contributed by atoms with Gasteiger partial charge in [0, 0.05) is 9.45 Å². The van der Waals surface area contributed by atoms with Crippen molar-refractivity contribution < 1.29 is 9.90 Å². The van der Waals surface area contributed by atoms with E-state index >= 15 is 0 Å². The van der Waals surface area contributed by atoms with E-state index in [9.17, 15) is 4.79 Å². The molecule has 0 aliphatic heterocycles. The number of hydrogen-bond acceptors (Lipinski definition) is 1. The smallest absolute Gasteiger partial charge is 0.337 e. The molecule has 1 rings (SSSR count). The number of carbonyl (C=O) groups is 1. The van der Waals surface area contributed by atoms with E-state index in [0.29, 0.717) is 11.1 Å². The maximum Gasteiger partial charge on any atom is 0.337 e. The summed E-state index contributed by atoms with van der Waals surface area (Å²) in [5.41, 5.74) is 0.976. The summed E-state index contributed by atoms with van der Waals surface area (Å²) in [5, 5.41) is 8.81. The molecule has 0 aliphatic rings. The van der Waals surface area contributed by atoms with Crippen LogP contribution in [0.15, 0.2) is 18.2 Å². The summed E-state index contributed by atoms with van der Waals surface area (Å²) in [4.78, 5) is 10.7. The fraction of sp³-hybridized carbons (Fsp3) is 0.125. The van der Waals surface area contributed by atoms with Gasteiger partial charge in [-0.15, -0.1) is 11.6 Å².